The molecular weight excluding hydrogens is 322 g/mol. The van der Waals surface area contributed by atoms with Crippen LogP contribution >= 0.6 is 11.3 Å². The molecule has 8 nitrogen and oxygen atoms in total. The molecule has 2 rings (SSSR count). The summed E-state index contributed by atoms with van der Waals surface area (Å²) in [7, 11) is 0. The molecule has 0 unspecified atom stereocenters. The van der Waals surface area contributed by atoms with Crippen LogP contribution in [0.2, 0.25) is 0 Å². The van der Waals surface area contributed by atoms with Gasteiger partial charge in [-0.25, -0.2) is 10.6 Å². The molecule has 0 saturated heterocycles. The zero-order chi connectivity index (χ0) is 17.2. The molecule has 0 fully saturated rings. The normalized spacial score (nSPS) is 15.5. The number of hydrogen-bond donors (Lipinski definition) is 3. The molecule has 0 saturated carbocycles. The lowest BCUT2D eigenvalue weighted by Crippen LogP contribution is -2.39. The smallest absolute Gasteiger partial charge is 0.341 e. The number of anilines is 1. The molecule has 1 aliphatic heterocycles. The van der Waals surface area contributed by atoms with E-state index in [2.05, 4.69) is 5.32 Å². The fraction of sp³-hybridized carbons (Fsp3) is 0.500. The van der Waals surface area contributed by atoms with E-state index in [0.717, 1.165) is 10.4 Å². The Balaban J connectivity index is 2.42. The SMILES string of the molecule is CCOC(=O)c1c(NC(=O)C(=O)NN)sc2c1CC(C)(C)OC2. The summed E-state index contributed by atoms with van der Waals surface area (Å²) in [5.74, 6) is 2.46. The van der Waals surface area contributed by atoms with Crippen molar-refractivity contribution in [3.05, 3.63) is 16.0 Å². The van der Waals surface area contributed by atoms with Gasteiger partial charge in [0.1, 0.15) is 5.00 Å². The molecule has 23 heavy (non-hydrogen) atoms. The van der Waals surface area contributed by atoms with Crippen molar-refractivity contribution in [3.8, 4) is 0 Å². The Bertz CT molecular complexity index is 653. The van der Waals surface area contributed by atoms with Gasteiger partial charge in [0.2, 0.25) is 0 Å². The van der Waals surface area contributed by atoms with Gasteiger partial charge >= 0.3 is 17.8 Å². The standard InChI is InChI=1S/C14H19N3O5S/c1-4-21-13(20)9-7-5-14(2,3)22-6-8(7)23-12(9)16-10(18)11(19)17-15/h4-6,15H2,1-3H3,(H,16,18)(H,17,19). The van der Waals surface area contributed by atoms with Crippen molar-refractivity contribution in [3.63, 3.8) is 0 Å². The first-order chi connectivity index (χ1) is 10.8. The molecule has 1 aliphatic rings. The second kappa shape index (κ2) is 6.65. The number of hydrogen-bond acceptors (Lipinski definition) is 7. The molecule has 1 aromatic rings. The Kier molecular flexibility index (Phi) is 5.03. The number of thiophene rings is 1. The van der Waals surface area contributed by atoms with Crippen LogP contribution in [0.1, 0.15) is 41.6 Å². The van der Waals surface area contributed by atoms with Crippen LogP contribution in [0.15, 0.2) is 0 Å². The molecule has 0 aromatic carbocycles. The molecular formula is C14H19N3O5S. The fourth-order valence-corrected chi connectivity index (χ4v) is 3.40. The van der Waals surface area contributed by atoms with Crippen LogP contribution in [0.25, 0.3) is 0 Å². The molecule has 126 valence electrons. The predicted octanol–water partition coefficient (Wildman–Crippen LogP) is 0.704. The zero-order valence-corrected chi connectivity index (χ0v) is 14.0. The summed E-state index contributed by atoms with van der Waals surface area (Å²) in [6.45, 7) is 6.08. The number of ether oxygens (including phenoxy) is 2. The number of carbonyl (C=O) groups excluding carboxylic acids is 3. The van der Waals surface area contributed by atoms with E-state index in [0.29, 0.717) is 13.0 Å². The van der Waals surface area contributed by atoms with Crippen LogP contribution in [0.4, 0.5) is 5.00 Å². The van der Waals surface area contributed by atoms with Crippen LogP contribution in [0.5, 0.6) is 0 Å². The second-order valence-electron chi connectivity index (χ2n) is 5.58. The van der Waals surface area contributed by atoms with Crippen molar-refractivity contribution in [1.29, 1.82) is 0 Å². The van der Waals surface area contributed by atoms with Gasteiger partial charge in [0.15, 0.2) is 0 Å². The van der Waals surface area contributed by atoms with Gasteiger partial charge in [-0.1, -0.05) is 0 Å². The highest BCUT2D eigenvalue weighted by molar-refractivity contribution is 7.17. The zero-order valence-electron chi connectivity index (χ0n) is 13.1. The van der Waals surface area contributed by atoms with Crippen molar-refractivity contribution < 1.29 is 23.9 Å². The number of amides is 2. The monoisotopic (exact) mass is 341 g/mol. The van der Waals surface area contributed by atoms with E-state index in [9.17, 15) is 14.4 Å². The molecule has 4 N–H and O–H groups in total. The third-order valence-electron chi connectivity index (χ3n) is 3.33. The summed E-state index contributed by atoms with van der Waals surface area (Å²) in [6, 6.07) is 0. The Morgan fingerprint density at radius 3 is 2.65 bits per heavy atom. The molecule has 0 spiro atoms. The third kappa shape index (κ3) is 3.69. The Hall–Kier alpha value is -1.97. The maximum Gasteiger partial charge on any atom is 0.341 e. The van der Waals surface area contributed by atoms with Crippen LogP contribution in [-0.2, 0) is 32.1 Å². The average Bonchev–Trinajstić information content (AvgIpc) is 2.82. The van der Waals surface area contributed by atoms with Crippen LogP contribution in [0, 0.1) is 0 Å². The van der Waals surface area contributed by atoms with E-state index in [4.69, 9.17) is 15.3 Å². The number of fused-ring (bicyclic) bond motifs is 1. The highest BCUT2D eigenvalue weighted by Gasteiger charge is 2.34. The molecule has 0 atom stereocenters. The number of esters is 1. The summed E-state index contributed by atoms with van der Waals surface area (Å²) in [6.07, 6.45) is 0.506. The number of rotatable bonds is 3. The number of nitrogens with one attached hydrogen (secondary N) is 2. The Morgan fingerprint density at radius 2 is 2.04 bits per heavy atom. The van der Waals surface area contributed by atoms with E-state index >= 15 is 0 Å². The average molecular weight is 341 g/mol. The molecule has 2 amide bonds. The van der Waals surface area contributed by atoms with E-state index in [1.807, 2.05) is 13.8 Å². The molecule has 1 aromatic heterocycles. The van der Waals surface area contributed by atoms with Gasteiger partial charge in [0, 0.05) is 11.3 Å². The molecule has 9 heteroatoms. The summed E-state index contributed by atoms with van der Waals surface area (Å²) < 4.78 is 10.8. The summed E-state index contributed by atoms with van der Waals surface area (Å²) >= 11 is 1.19. The summed E-state index contributed by atoms with van der Waals surface area (Å²) in [4.78, 5) is 36.1. The number of nitrogens with two attached hydrogens (primary N) is 1. The lowest BCUT2D eigenvalue weighted by Gasteiger charge is -2.30. The second-order valence-corrected chi connectivity index (χ2v) is 6.69. The van der Waals surface area contributed by atoms with E-state index < -0.39 is 23.4 Å². The maximum atomic E-state index is 12.3. The first kappa shape index (κ1) is 17.4. The van der Waals surface area contributed by atoms with Gasteiger partial charge in [-0.2, -0.15) is 0 Å². The Labute approximate surface area is 137 Å². The van der Waals surface area contributed by atoms with E-state index in [1.54, 1.807) is 12.3 Å². The van der Waals surface area contributed by atoms with Crippen molar-refractivity contribution in [2.45, 2.75) is 39.4 Å². The van der Waals surface area contributed by atoms with E-state index in [1.165, 1.54) is 11.3 Å². The van der Waals surface area contributed by atoms with Gasteiger partial charge in [0.05, 0.1) is 24.4 Å². The number of carbonyl (C=O) groups is 3. The van der Waals surface area contributed by atoms with Crippen molar-refractivity contribution >= 4 is 34.1 Å². The van der Waals surface area contributed by atoms with Gasteiger partial charge in [-0.3, -0.25) is 15.0 Å². The lowest BCUT2D eigenvalue weighted by atomic mass is 9.93. The van der Waals surface area contributed by atoms with Crippen molar-refractivity contribution in [1.82, 2.24) is 5.43 Å². The third-order valence-corrected chi connectivity index (χ3v) is 4.45. The fourth-order valence-electron chi connectivity index (χ4n) is 2.29. The topological polar surface area (TPSA) is 120 Å². The van der Waals surface area contributed by atoms with Crippen LogP contribution in [0.3, 0.4) is 0 Å². The summed E-state index contributed by atoms with van der Waals surface area (Å²) in [5, 5.41) is 2.68. The molecule has 2 heterocycles. The number of hydrazine groups is 1. The van der Waals surface area contributed by atoms with Gasteiger partial charge < -0.3 is 14.8 Å². The van der Waals surface area contributed by atoms with E-state index in [-0.39, 0.29) is 17.2 Å². The predicted molar refractivity (Wildman–Crippen MR) is 83.8 cm³/mol. The van der Waals surface area contributed by atoms with Crippen molar-refractivity contribution in [2.75, 3.05) is 11.9 Å². The van der Waals surface area contributed by atoms with Gasteiger partial charge in [0.25, 0.3) is 0 Å². The first-order valence-electron chi connectivity index (χ1n) is 7.06. The van der Waals surface area contributed by atoms with Crippen LogP contribution in [-0.4, -0.2) is 30.0 Å². The Morgan fingerprint density at radius 1 is 1.35 bits per heavy atom. The highest BCUT2D eigenvalue weighted by Crippen LogP contribution is 2.40. The summed E-state index contributed by atoms with van der Waals surface area (Å²) in [5.41, 5.74) is 2.39. The molecule has 0 radical (unpaired) electrons. The minimum absolute atomic E-state index is 0.208. The minimum Gasteiger partial charge on any atom is -0.462 e. The van der Waals surface area contributed by atoms with Gasteiger partial charge in [-0.05, 0) is 26.3 Å². The van der Waals surface area contributed by atoms with Crippen LogP contribution < -0.4 is 16.6 Å². The van der Waals surface area contributed by atoms with Gasteiger partial charge in [-0.15, -0.1) is 11.3 Å². The first-order valence-corrected chi connectivity index (χ1v) is 7.88. The highest BCUT2D eigenvalue weighted by atomic mass is 32.1. The quantitative estimate of drug-likeness (QED) is 0.245. The van der Waals surface area contributed by atoms with Crippen molar-refractivity contribution in [2.24, 2.45) is 5.84 Å². The lowest BCUT2D eigenvalue weighted by molar-refractivity contribution is -0.136. The largest absolute Gasteiger partial charge is 0.462 e. The molecule has 0 aliphatic carbocycles. The molecule has 0 bridgehead atoms. The minimum atomic E-state index is -0.997. The maximum absolute atomic E-state index is 12.3.